The van der Waals surface area contributed by atoms with Gasteiger partial charge >= 0.3 is 0 Å². The fourth-order valence-electron chi connectivity index (χ4n) is 3.53. The fourth-order valence-corrected chi connectivity index (χ4v) is 3.53. The number of rotatable bonds is 20. The van der Waals surface area contributed by atoms with Crippen molar-refractivity contribution in [2.75, 3.05) is 27.3 Å². The molecule has 0 bridgehead atoms. The Morgan fingerprint density at radius 2 is 1.19 bits per heavy atom. The molecule has 3 nitrogen and oxygen atoms in total. The molecule has 0 heterocycles. The number of hydrogen-bond acceptors (Lipinski definition) is 3. The Labute approximate surface area is 164 Å². The van der Waals surface area contributed by atoms with E-state index in [9.17, 15) is 5.11 Å². The summed E-state index contributed by atoms with van der Waals surface area (Å²) in [6.45, 7) is 5.27. The van der Waals surface area contributed by atoms with Crippen LogP contribution in [0.25, 0.3) is 0 Å². The smallest absolute Gasteiger partial charge is 0.0745 e. The van der Waals surface area contributed by atoms with E-state index in [0.717, 1.165) is 13.0 Å². The summed E-state index contributed by atoms with van der Waals surface area (Å²) >= 11 is 0. The van der Waals surface area contributed by atoms with Crippen LogP contribution in [-0.4, -0.2) is 49.5 Å². The molecule has 0 aliphatic rings. The van der Waals surface area contributed by atoms with E-state index < -0.39 is 0 Å². The van der Waals surface area contributed by atoms with Gasteiger partial charge in [-0.25, -0.2) is 0 Å². The van der Waals surface area contributed by atoms with E-state index in [1.54, 1.807) is 6.92 Å². The van der Waals surface area contributed by atoms with Crippen molar-refractivity contribution in [3.63, 3.8) is 0 Å². The van der Waals surface area contributed by atoms with Gasteiger partial charge in [-0.15, -0.1) is 0 Å². The monoisotopic (exact) mass is 371 g/mol. The molecule has 158 valence electrons. The predicted molar refractivity (Wildman–Crippen MR) is 115 cm³/mol. The van der Waals surface area contributed by atoms with E-state index in [1.165, 1.54) is 89.9 Å². The van der Waals surface area contributed by atoms with Gasteiger partial charge in [0.05, 0.1) is 12.7 Å². The van der Waals surface area contributed by atoms with E-state index in [-0.39, 0.29) is 6.10 Å². The maximum atomic E-state index is 9.23. The summed E-state index contributed by atoms with van der Waals surface area (Å²) in [6.07, 6.45) is 20.4. The Kier molecular flexibility index (Phi) is 19.5. The van der Waals surface area contributed by atoms with Crippen LogP contribution in [0.3, 0.4) is 0 Å². The normalized spacial score (nSPS) is 14.1. The molecule has 0 aromatic rings. The zero-order valence-corrected chi connectivity index (χ0v) is 18.5. The van der Waals surface area contributed by atoms with Crippen LogP contribution in [0.1, 0.15) is 110 Å². The van der Waals surface area contributed by atoms with Gasteiger partial charge in [0.1, 0.15) is 0 Å². The number of nitrogens with zero attached hydrogens (tertiary/aromatic N) is 1. The largest absolute Gasteiger partial charge is 0.391 e. The standard InChI is InChI=1S/C23H49NO2/c1-5-6-7-8-9-10-11-12-13-14-15-16-17-18-23(24(3)4)19-20-26-21-22(2)25/h22-23,25H,5-21H2,1-4H3. The van der Waals surface area contributed by atoms with Crippen molar-refractivity contribution in [2.24, 2.45) is 0 Å². The number of ether oxygens (including phenoxy) is 1. The lowest BCUT2D eigenvalue weighted by Gasteiger charge is -2.24. The molecule has 0 aliphatic carbocycles. The summed E-state index contributed by atoms with van der Waals surface area (Å²) in [5.41, 5.74) is 0. The second-order valence-electron chi connectivity index (χ2n) is 8.36. The van der Waals surface area contributed by atoms with Gasteiger partial charge in [0.25, 0.3) is 0 Å². The van der Waals surface area contributed by atoms with Crippen LogP contribution in [0, 0.1) is 0 Å². The average molecular weight is 372 g/mol. The number of unbranched alkanes of at least 4 members (excludes halogenated alkanes) is 12. The van der Waals surface area contributed by atoms with Crippen LogP contribution in [0.2, 0.25) is 0 Å². The first kappa shape index (κ1) is 25.9. The quantitative estimate of drug-likeness (QED) is 0.259. The van der Waals surface area contributed by atoms with Crippen LogP contribution in [-0.2, 0) is 4.74 Å². The molecule has 0 spiro atoms. The molecule has 1 N–H and O–H groups in total. The summed E-state index contributed by atoms with van der Waals surface area (Å²) in [5, 5.41) is 9.23. The van der Waals surface area contributed by atoms with Gasteiger partial charge in [0, 0.05) is 12.6 Å². The molecule has 0 fully saturated rings. The van der Waals surface area contributed by atoms with Crippen molar-refractivity contribution in [2.45, 2.75) is 122 Å². The second kappa shape index (κ2) is 19.6. The molecule has 0 rings (SSSR count). The molecule has 0 aromatic carbocycles. The molecular weight excluding hydrogens is 322 g/mol. The summed E-state index contributed by atoms with van der Waals surface area (Å²) in [4.78, 5) is 2.33. The van der Waals surface area contributed by atoms with E-state index in [2.05, 4.69) is 25.9 Å². The highest BCUT2D eigenvalue weighted by Gasteiger charge is 2.11. The minimum absolute atomic E-state index is 0.353. The lowest BCUT2D eigenvalue weighted by atomic mass is 10.0. The predicted octanol–water partition coefficient (Wildman–Crippen LogP) is 6.19. The molecule has 3 heteroatoms. The Morgan fingerprint density at radius 1 is 0.731 bits per heavy atom. The molecule has 0 aliphatic heterocycles. The van der Waals surface area contributed by atoms with E-state index in [0.29, 0.717) is 12.6 Å². The third-order valence-corrected chi connectivity index (χ3v) is 5.33. The number of hydrogen-bond donors (Lipinski definition) is 1. The van der Waals surface area contributed by atoms with Gasteiger partial charge in [-0.3, -0.25) is 0 Å². The lowest BCUT2D eigenvalue weighted by Crippen LogP contribution is -2.29. The van der Waals surface area contributed by atoms with Crippen LogP contribution in [0.5, 0.6) is 0 Å². The summed E-state index contributed by atoms with van der Waals surface area (Å²) in [7, 11) is 4.34. The molecule has 0 aromatic heterocycles. The van der Waals surface area contributed by atoms with Gasteiger partial charge in [0.2, 0.25) is 0 Å². The molecule has 0 saturated heterocycles. The summed E-state index contributed by atoms with van der Waals surface area (Å²) in [5.74, 6) is 0. The van der Waals surface area contributed by atoms with Crippen molar-refractivity contribution in [3.8, 4) is 0 Å². The minimum atomic E-state index is -0.353. The molecular formula is C23H49NO2. The highest BCUT2D eigenvalue weighted by atomic mass is 16.5. The van der Waals surface area contributed by atoms with Gasteiger partial charge in [-0.05, 0) is 33.9 Å². The molecule has 0 saturated carbocycles. The Balaban J connectivity index is 3.39. The average Bonchev–Trinajstić information content (AvgIpc) is 2.60. The highest BCUT2D eigenvalue weighted by Crippen LogP contribution is 2.15. The zero-order chi connectivity index (χ0) is 19.5. The van der Waals surface area contributed by atoms with Crippen molar-refractivity contribution in [3.05, 3.63) is 0 Å². The van der Waals surface area contributed by atoms with Crippen molar-refractivity contribution >= 4 is 0 Å². The SMILES string of the molecule is CCCCCCCCCCCCCCCC(CCOCC(C)O)N(C)C. The fraction of sp³-hybridized carbons (Fsp3) is 1.00. The number of aliphatic hydroxyl groups is 1. The van der Waals surface area contributed by atoms with Gasteiger partial charge in [-0.1, -0.05) is 90.4 Å². The molecule has 2 atom stereocenters. The highest BCUT2D eigenvalue weighted by molar-refractivity contribution is 4.66. The minimum Gasteiger partial charge on any atom is -0.391 e. The Hall–Kier alpha value is -0.120. The lowest BCUT2D eigenvalue weighted by molar-refractivity contribution is 0.0370. The Bertz CT molecular complexity index is 269. The number of aliphatic hydroxyl groups excluding tert-OH is 1. The van der Waals surface area contributed by atoms with Gasteiger partial charge in [-0.2, -0.15) is 0 Å². The second-order valence-corrected chi connectivity index (χ2v) is 8.36. The van der Waals surface area contributed by atoms with Crippen molar-refractivity contribution < 1.29 is 9.84 Å². The maximum absolute atomic E-state index is 9.23. The van der Waals surface area contributed by atoms with E-state index >= 15 is 0 Å². The molecule has 0 amide bonds. The van der Waals surface area contributed by atoms with Crippen LogP contribution in [0.4, 0.5) is 0 Å². The maximum Gasteiger partial charge on any atom is 0.0745 e. The summed E-state index contributed by atoms with van der Waals surface area (Å²) in [6, 6.07) is 0.608. The third-order valence-electron chi connectivity index (χ3n) is 5.33. The van der Waals surface area contributed by atoms with Crippen LogP contribution < -0.4 is 0 Å². The van der Waals surface area contributed by atoms with Crippen LogP contribution in [0.15, 0.2) is 0 Å². The first-order valence-electron chi connectivity index (χ1n) is 11.5. The Morgan fingerprint density at radius 3 is 1.62 bits per heavy atom. The topological polar surface area (TPSA) is 32.7 Å². The molecule has 2 unspecified atom stereocenters. The first-order chi connectivity index (χ1) is 12.6. The summed E-state index contributed by atoms with van der Waals surface area (Å²) < 4.78 is 5.52. The van der Waals surface area contributed by atoms with Crippen LogP contribution >= 0.6 is 0 Å². The molecule has 26 heavy (non-hydrogen) atoms. The van der Waals surface area contributed by atoms with Gasteiger partial charge < -0.3 is 14.7 Å². The van der Waals surface area contributed by atoms with E-state index in [4.69, 9.17) is 4.74 Å². The zero-order valence-electron chi connectivity index (χ0n) is 18.5. The first-order valence-corrected chi connectivity index (χ1v) is 11.5. The van der Waals surface area contributed by atoms with Crippen molar-refractivity contribution in [1.82, 2.24) is 4.90 Å². The van der Waals surface area contributed by atoms with Gasteiger partial charge in [0.15, 0.2) is 0 Å². The molecule has 0 radical (unpaired) electrons. The third kappa shape index (κ3) is 18.7. The van der Waals surface area contributed by atoms with E-state index in [1.807, 2.05) is 0 Å². The van der Waals surface area contributed by atoms with Crippen molar-refractivity contribution in [1.29, 1.82) is 0 Å².